The Balaban J connectivity index is 1.44. The number of aliphatic hydroxyl groups is 1. The van der Waals surface area contributed by atoms with Crippen molar-refractivity contribution in [2.24, 2.45) is 0 Å². The summed E-state index contributed by atoms with van der Waals surface area (Å²) in [6.07, 6.45) is 0. The minimum Gasteiger partial charge on any atom is -0.454 e. The van der Waals surface area contributed by atoms with E-state index in [1.54, 1.807) is 23.1 Å². The second kappa shape index (κ2) is 9.79. The average Bonchev–Trinajstić information content (AvgIpc) is 3.60. The molecule has 7 nitrogen and oxygen atoms in total. The van der Waals surface area contributed by atoms with Crippen LogP contribution >= 0.6 is 0 Å². The van der Waals surface area contributed by atoms with Crippen molar-refractivity contribution in [1.29, 1.82) is 0 Å². The topological polar surface area (TPSA) is 87.7 Å². The molecule has 0 fully saturated rings. The average molecular weight is 492 g/mol. The highest BCUT2D eigenvalue weighted by Crippen LogP contribution is 2.35. The summed E-state index contributed by atoms with van der Waals surface area (Å²) in [4.78, 5) is 23.8. The van der Waals surface area contributed by atoms with E-state index in [9.17, 15) is 9.90 Å². The maximum Gasteiger partial charge on any atom is 0.254 e. The van der Waals surface area contributed by atoms with Gasteiger partial charge in [-0.1, -0.05) is 66.7 Å². The van der Waals surface area contributed by atoms with Crippen LogP contribution in [0, 0.1) is 0 Å². The van der Waals surface area contributed by atoms with E-state index in [-0.39, 0.29) is 25.9 Å². The zero-order chi connectivity index (χ0) is 25.2. The number of hydrogen-bond donors (Lipinski definition) is 2. The van der Waals surface area contributed by atoms with Gasteiger partial charge in [0.2, 0.25) is 6.79 Å². The van der Waals surface area contributed by atoms with Gasteiger partial charge < -0.3 is 24.5 Å². The highest BCUT2D eigenvalue weighted by Gasteiger charge is 2.31. The number of fused-ring (bicyclic) bond motifs is 2. The molecule has 2 N–H and O–H groups in total. The molecule has 1 aliphatic heterocycles. The van der Waals surface area contributed by atoms with Crippen LogP contribution in [0.15, 0.2) is 97.1 Å². The van der Waals surface area contributed by atoms with Gasteiger partial charge in [-0.3, -0.25) is 4.79 Å². The number of nitrogens with one attached hydrogen (secondary N) is 1. The molecule has 0 saturated heterocycles. The van der Waals surface area contributed by atoms with Crippen LogP contribution in [0.3, 0.4) is 0 Å². The summed E-state index contributed by atoms with van der Waals surface area (Å²) in [6, 6.07) is 30.6. The molecule has 6 rings (SSSR count). The van der Waals surface area contributed by atoms with Crippen LogP contribution in [-0.4, -0.2) is 45.8 Å². The molecule has 1 amide bonds. The molecule has 0 aliphatic carbocycles. The number of carbonyl (C=O) groups excluding carboxylic acids is 1. The van der Waals surface area contributed by atoms with Crippen molar-refractivity contribution in [2.45, 2.75) is 6.04 Å². The monoisotopic (exact) mass is 491 g/mol. The number of aromatic amines is 1. The second-order valence-corrected chi connectivity index (χ2v) is 8.82. The molecule has 4 aromatic carbocycles. The minimum absolute atomic E-state index is 0.120. The number of benzene rings is 4. The van der Waals surface area contributed by atoms with Gasteiger partial charge in [-0.2, -0.15) is 0 Å². The molecule has 2 heterocycles. The minimum atomic E-state index is -0.553. The molecule has 0 spiro atoms. The Hall–Kier alpha value is -4.62. The van der Waals surface area contributed by atoms with Crippen molar-refractivity contribution in [1.82, 2.24) is 14.9 Å². The Labute approximate surface area is 213 Å². The standard InChI is InChI=1S/C30H25N3O4/c34-17-16-33(30(35)23-14-15-26-27(18-23)37-19-36-26)28(29-31-24-8-4-5-9-25(24)32-29)22-12-10-21(11-13-22)20-6-2-1-3-7-20/h1-15,18,28,34H,16-17,19H2,(H,31,32). The number of ether oxygens (including phenoxy) is 2. The first-order valence-corrected chi connectivity index (χ1v) is 12.1. The van der Waals surface area contributed by atoms with Gasteiger partial charge in [0.1, 0.15) is 11.9 Å². The van der Waals surface area contributed by atoms with Crippen LogP contribution in [0.5, 0.6) is 11.5 Å². The van der Waals surface area contributed by atoms with Crippen LogP contribution in [0.1, 0.15) is 27.8 Å². The number of nitrogens with zero attached hydrogens (tertiary/aromatic N) is 2. The summed E-state index contributed by atoms with van der Waals surface area (Å²) in [5, 5.41) is 9.99. The maximum atomic E-state index is 13.9. The van der Waals surface area contributed by atoms with Crippen molar-refractivity contribution in [2.75, 3.05) is 19.9 Å². The van der Waals surface area contributed by atoms with Crippen LogP contribution < -0.4 is 9.47 Å². The molecule has 7 heteroatoms. The zero-order valence-electron chi connectivity index (χ0n) is 20.0. The van der Waals surface area contributed by atoms with Gasteiger partial charge in [0.25, 0.3) is 5.91 Å². The van der Waals surface area contributed by atoms with E-state index in [1.807, 2.05) is 66.7 Å². The van der Waals surface area contributed by atoms with Crippen molar-refractivity contribution in [3.8, 4) is 22.6 Å². The number of para-hydroxylation sites is 2. The molecular formula is C30H25N3O4. The number of rotatable bonds is 7. The van der Waals surface area contributed by atoms with Gasteiger partial charge in [0, 0.05) is 12.1 Å². The van der Waals surface area contributed by atoms with Gasteiger partial charge in [0.15, 0.2) is 11.5 Å². The van der Waals surface area contributed by atoms with E-state index in [0.29, 0.717) is 22.9 Å². The number of H-pyrrole nitrogens is 1. The van der Waals surface area contributed by atoms with Gasteiger partial charge >= 0.3 is 0 Å². The maximum absolute atomic E-state index is 13.9. The van der Waals surface area contributed by atoms with Crippen LogP contribution in [0.25, 0.3) is 22.2 Å². The number of carbonyl (C=O) groups is 1. The molecule has 1 aromatic heterocycles. The summed E-state index contributed by atoms with van der Waals surface area (Å²) in [5.41, 5.74) is 5.19. The fraction of sp³-hybridized carbons (Fsp3) is 0.133. The summed E-state index contributed by atoms with van der Waals surface area (Å²) >= 11 is 0. The number of aliphatic hydroxyl groups excluding tert-OH is 1. The van der Waals surface area contributed by atoms with E-state index in [4.69, 9.17) is 14.5 Å². The summed E-state index contributed by atoms with van der Waals surface area (Å²) in [5.74, 6) is 1.51. The van der Waals surface area contributed by atoms with Crippen LogP contribution in [-0.2, 0) is 0 Å². The van der Waals surface area contributed by atoms with Crippen molar-refractivity contribution >= 4 is 16.9 Å². The first-order valence-electron chi connectivity index (χ1n) is 12.1. The molecule has 184 valence electrons. The number of imidazole rings is 1. The Kier molecular flexibility index (Phi) is 6.04. The zero-order valence-corrected chi connectivity index (χ0v) is 20.0. The van der Waals surface area contributed by atoms with Crippen LogP contribution in [0.2, 0.25) is 0 Å². The van der Waals surface area contributed by atoms with E-state index in [1.165, 1.54) is 0 Å². The largest absolute Gasteiger partial charge is 0.454 e. The fourth-order valence-corrected chi connectivity index (χ4v) is 4.73. The normalized spacial score (nSPS) is 13.0. The Morgan fingerprint density at radius 1 is 0.892 bits per heavy atom. The number of amides is 1. The fourth-order valence-electron chi connectivity index (χ4n) is 4.73. The third-order valence-electron chi connectivity index (χ3n) is 6.53. The van der Waals surface area contributed by atoms with Gasteiger partial charge in [-0.15, -0.1) is 0 Å². The smallest absolute Gasteiger partial charge is 0.254 e. The summed E-state index contributed by atoms with van der Waals surface area (Å²) < 4.78 is 10.9. The quantitative estimate of drug-likeness (QED) is 0.328. The van der Waals surface area contributed by atoms with Gasteiger partial charge in [-0.25, -0.2) is 4.98 Å². The second-order valence-electron chi connectivity index (χ2n) is 8.82. The third-order valence-corrected chi connectivity index (χ3v) is 6.53. The summed E-state index contributed by atoms with van der Waals surface area (Å²) in [6.45, 7) is 0.0489. The van der Waals surface area contributed by atoms with Crippen molar-refractivity contribution in [3.05, 3.63) is 114 Å². The Morgan fingerprint density at radius 2 is 1.62 bits per heavy atom. The number of hydrogen-bond acceptors (Lipinski definition) is 5. The molecule has 1 unspecified atom stereocenters. The predicted octanol–water partition coefficient (Wildman–Crippen LogP) is 5.18. The lowest BCUT2D eigenvalue weighted by Gasteiger charge is -2.31. The van der Waals surface area contributed by atoms with E-state index in [0.717, 1.165) is 27.7 Å². The molecule has 37 heavy (non-hydrogen) atoms. The SMILES string of the molecule is O=C(c1ccc2c(c1)OCO2)N(CCO)C(c1ccc(-c2ccccc2)cc1)c1nc2ccccc2[nH]1. The molecule has 5 aromatic rings. The number of aromatic nitrogens is 2. The molecule has 0 bridgehead atoms. The Bertz CT molecular complexity index is 1510. The van der Waals surface area contributed by atoms with Gasteiger partial charge in [-0.05, 0) is 47.0 Å². The molecule has 1 aliphatic rings. The molecule has 0 saturated carbocycles. The van der Waals surface area contributed by atoms with E-state index < -0.39 is 6.04 Å². The predicted molar refractivity (Wildman–Crippen MR) is 141 cm³/mol. The molecule has 1 atom stereocenters. The molecule has 0 radical (unpaired) electrons. The highest BCUT2D eigenvalue weighted by molar-refractivity contribution is 5.95. The third kappa shape index (κ3) is 4.41. The molecular weight excluding hydrogens is 466 g/mol. The lowest BCUT2D eigenvalue weighted by atomic mass is 9.98. The van der Waals surface area contributed by atoms with Crippen molar-refractivity contribution < 1.29 is 19.4 Å². The highest BCUT2D eigenvalue weighted by atomic mass is 16.7. The van der Waals surface area contributed by atoms with Gasteiger partial charge in [0.05, 0.1) is 17.6 Å². The van der Waals surface area contributed by atoms with E-state index >= 15 is 0 Å². The first kappa shape index (κ1) is 22.8. The first-order chi connectivity index (χ1) is 18.2. The Morgan fingerprint density at radius 3 is 2.41 bits per heavy atom. The van der Waals surface area contributed by atoms with Crippen LogP contribution in [0.4, 0.5) is 0 Å². The summed E-state index contributed by atoms with van der Waals surface area (Å²) in [7, 11) is 0. The lowest BCUT2D eigenvalue weighted by Crippen LogP contribution is -2.38. The van der Waals surface area contributed by atoms with E-state index in [2.05, 4.69) is 17.1 Å². The lowest BCUT2D eigenvalue weighted by molar-refractivity contribution is 0.0659. The van der Waals surface area contributed by atoms with Crippen molar-refractivity contribution in [3.63, 3.8) is 0 Å².